The summed E-state index contributed by atoms with van der Waals surface area (Å²) in [4.78, 5) is 17.2. The number of benzene rings is 2. The Hall–Kier alpha value is -2.11. The Bertz CT molecular complexity index is 933. The third-order valence-corrected chi connectivity index (χ3v) is 4.36. The largest absolute Gasteiger partial charge is 0.342 e. The number of para-hydroxylation sites is 2. The topological polar surface area (TPSA) is 46.9 Å². The second-order valence-corrected chi connectivity index (χ2v) is 7.32. The van der Waals surface area contributed by atoms with Crippen LogP contribution >= 0.6 is 27.5 Å². The third kappa shape index (κ3) is 3.94. The van der Waals surface area contributed by atoms with Gasteiger partial charge in [-0.25, -0.2) is 4.98 Å². The average Bonchev–Trinajstić information content (AvgIpc) is 2.93. The van der Waals surface area contributed by atoms with Gasteiger partial charge in [-0.15, -0.1) is 0 Å². The molecule has 25 heavy (non-hydrogen) atoms. The second kappa shape index (κ2) is 7.42. The smallest absolute Gasteiger partial charge is 0.251 e. The third-order valence-electron chi connectivity index (χ3n) is 3.86. The first-order valence-corrected chi connectivity index (χ1v) is 8.97. The normalized spacial score (nSPS) is 12.1. The fourth-order valence-corrected chi connectivity index (χ4v) is 3.08. The highest BCUT2D eigenvalue weighted by Gasteiger charge is 2.19. The van der Waals surface area contributed by atoms with Gasteiger partial charge in [0.15, 0.2) is 0 Å². The van der Waals surface area contributed by atoms with Crippen LogP contribution in [0.3, 0.4) is 0 Å². The molecule has 0 bridgehead atoms. The van der Waals surface area contributed by atoms with Crippen LogP contribution in [0.15, 0.2) is 59.6 Å². The fraction of sp³-hybridized carbons (Fsp3) is 0.158. The van der Waals surface area contributed by atoms with Crippen LogP contribution in [0, 0.1) is 0 Å². The molecule has 1 aromatic heterocycles. The van der Waals surface area contributed by atoms with E-state index < -0.39 is 0 Å². The number of hydrogen-bond acceptors (Lipinski definition) is 2. The zero-order valence-electron chi connectivity index (χ0n) is 13.7. The minimum atomic E-state index is -0.262. The molecule has 1 atom stereocenters. The number of halogens is 2. The number of fused-ring (bicyclic) bond motifs is 1. The van der Waals surface area contributed by atoms with Crippen molar-refractivity contribution in [3.8, 4) is 0 Å². The summed E-state index contributed by atoms with van der Waals surface area (Å²) in [6.07, 6.45) is 0. The Morgan fingerprint density at radius 1 is 1.28 bits per heavy atom. The number of rotatable bonds is 5. The lowest BCUT2D eigenvalue weighted by Gasteiger charge is -2.16. The molecule has 128 valence electrons. The SMILES string of the molecule is C=C(Br)Cn1c(C(C)NC(=O)c2ccc(Cl)cc2)nc2ccccc21. The molecule has 1 N–H and O–H groups in total. The van der Waals surface area contributed by atoms with Crippen LogP contribution in [-0.4, -0.2) is 15.5 Å². The number of carbonyl (C=O) groups excluding carboxylic acids is 1. The number of nitrogens with one attached hydrogen (secondary N) is 1. The Kier molecular flexibility index (Phi) is 5.25. The van der Waals surface area contributed by atoms with Crippen molar-refractivity contribution in [3.05, 3.63) is 76.0 Å². The monoisotopic (exact) mass is 417 g/mol. The number of amides is 1. The number of aromatic nitrogens is 2. The van der Waals surface area contributed by atoms with Gasteiger partial charge in [-0.3, -0.25) is 4.79 Å². The van der Waals surface area contributed by atoms with E-state index >= 15 is 0 Å². The van der Waals surface area contributed by atoms with Gasteiger partial charge in [-0.2, -0.15) is 0 Å². The standard InChI is InChI=1S/C19H17BrClN3O/c1-12(20)11-24-17-6-4-3-5-16(17)23-18(24)13(2)22-19(25)14-7-9-15(21)10-8-14/h3-10,13H,1,11H2,2H3,(H,22,25). The van der Waals surface area contributed by atoms with Gasteiger partial charge in [-0.05, 0) is 43.3 Å². The second-order valence-electron chi connectivity index (χ2n) is 5.76. The Morgan fingerprint density at radius 3 is 2.64 bits per heavy atom. The lowest BCUT2D eigenvalue weighted by Crippen LogP contribution is -2.28. The van der Waals surface area contributed by atoms with Crippen molar-refractivity contribution >= 4 is 44.5 Å². The molecule has 0 saturated carbocycles. The first-order chi connectivity index (χ1) is 12.0. The molecule has 0 radical (unpaired) electrons. The molecular weight excluding hydrogens is 402 g/mol. The van der Waals surface area contributed by atoms with Crippen LogP contribution < -0.4 is 5.32 Å². The summed E-state index contributed by atoms with van der Waals surface area (Å²) < 4.78 is 2.90. The summed E-state index contributed by atoms with van der Waals surface area (Å²) in [5, 5.41) is 3.60. The minimum absolute atomic E-state index is 0.166. The van der Waals surface area contributed by atoms with Crippen LogP contribution in [0.1, 0.15) is 29.1 Å². The summed E-state index contributed by atoms with van der Waals surface area (Å²) in [7, 11) is 0. The molecular formula is C19H17BrClN3O. The summed E-state index contributed by atoms with van der Waals surface area (Å²) in [5.74, 6) is 0.615. The van der Waals surface area contributed by atoms with Gasteiger partial charge in [0.05, 0.1) is 23.6 Å². The number of imidazole rings is 1. The van der Waals surface area contributed by atoms with Gasteiger partial charge >= 0.3 is 0 Å². The highest BCUT2D eigenvalue weighted by molar-refractivity contribution is 9.11. The molecule has 1 amide bonds. The van der Waals surface area contributed by atoms with Crippen molar-refractivity contribution in [2.24, 2.45) is 0 Å². The van der Waals surface area contributed by atoms with Crippen LogP contribution in [0.4, 0.5) is 0 Å². The molecule has 0 aliphatic carbocycles. The maximum atomic E-state index is 12.5. The van der Waals surface area contributed by atoms with Crippen LogP contribution in [0.2, 0.25) is 5.02 Å². The quantitative estimate of drug-likeness (QED) is 0.627. The summed E-state index contributed by atoms with van der Waals surface area (Å²) >= 11 is 9.29. The number of carbonyl (C=O) groups is 1. The van der Waals surface area contributed by atoms with Crippen LogP contribution in [0.5, 0.6) is 0 Å². The van der Waals surface area contributed by atoms with E-state index in [1.54, 1.807) is 24.3 Å². The highest BCUT2D eigenvalue weighted by Crippen LogP contribution is 2.23. The first kappa shape index (κ1) is 17.7. The van der Waals surface area contributed by atoms with E-state index in [4.69, 9.17) is 16.6 Å². The predicted octanol–water partition coefficient (Wildman–Crippen LogP) is 5.09. The number of nitrogens with zero attached hydrogens (tertiary/aromatic N) is 2. The van der Waals surface area contributed by atoms with Gasteiger partial charge in [0.2, 0.25) is 0 Å². The molecule has 0 aliphatic rings. The van der Waals surface area contributed by atoms with E-state index in [1.807, 2.05) is 31.2 Å². The molecule has 2 aromatic carbocycles. The molecule has 3 rings (SSSR count). The van der Waals surface area contributed by atoms with Crippen molar-refractivity contribution in [2.45, 2.75) is 19.5 Å². The van der Waals surface area contributed by atoms with E-state index in [2.05, 4.69) is 32.4 Å². The zero-order chi connectivity index (χ0) is 18.0. The number of allylic oxidation sites excluding steroid dienone is 1. The zero-order valence-corrected chi connectivity index (χ0v) is 16.0. The Labute approximate surface area is 159 Å². The Balaban J connectivity index is 1.90. The maximum Gasteiger partial charge on any atom is 0.251 e. The molecule has 3 aromatic rings. The van der Waals surface area contributed by atoms with E-state index in [0.29, 0.717) is 17.1 Å². The fourth-order valence-electron chi connectivity index (χ4n) is 2.71. The Morgan fingerprint density at radius 2 is 1.96 bits per heavy atom. The van der Waals surface area contributed by atoms with Crippen LogP contribution in [0.25, 0.3) is 11.0 Å². The summed E-state index contributed by atoms with van der Waals surface area (Å²) in [6, 6.07) is 14.4. The van der Waals surface area contributed by atoms with Crippen molar-refractivity contribution in [3.63, 3.8) is 0 Å². The van der Waals surface area contributed by atoms with Crippen LogP contribution in [-0.2, 0) is 6.54 Å². The molecule has 0 fully saturated rings. The molecule has 6 heteroatoms. The van der Waals surface area contributed by atoms with Crippen molar-refractivity contribution in [2.75, 3.05) is 0 Å². The maximum absolute atomic E-state index is 12.5. The highest BCUT2D eigenvalue weighted by atomic mass is 79.9. The first-order valence-electron chi connectivity index (χ1n) is 7.80. The van der Waals surface area contributed by atoms with Gasteiger partial charge in [0.1, 0.15) is 5.82 Å². The van der Waals surface area contributed by atoms with Crippen molar-refractivity contribution in [1.29, 1.82) is 0 Å². The van der Waals surface area contributed by atoms with Crippen molar-refractivity contribution in [1.82, 2.24) is 14.9 Å². The molecule has 4 nitrogen and oxygen atoms in total. The van der Waals surface area contributed by atoms with Gasteiger partial charge in [0, 0.05) is 15.1 Å². The lowest BCUT2D eigenvalue weighted by molar-refractivity contribution is 0.0938. The minimum Gasteiger partial charge on any atom is -0.342 e. The van der Waals surface area contributed by atoms with Gasteiger partial charge in [0.25, 0.3) is 5.91 Å². The summed E-state index contributed by atoms with van der Waals surface area (Å²) in [6.45, 7) is 6.42. The predicted molar refractivity (Wildman–Crippen MR) is 105 cm³/mol. The number of hydrogen-bond donors (Lipinski definition) is 1. The molecule has 0 saturated heterocycles. The van der Waals surface area contributed by atoms with E-state index in [9.17, 15) is 4.79 Å². The van der Waals surface area contributed by atoms with E-state index in [0.717, 1.165) is 21.3 Å². The average molecular weight is 419 g/mol. The molecule has 1 heterocycles. The molecule has 0 aliphatic heterocycles. The summed E-state index contributed by atoms with van der Waals surface area (Å²) in [5.41, 5.74) is 2.45. The van der Waals surface area contributed by atoms with Gasteiger partial charge < -0.3 is 9.88 Å². The molecule has 0 spiro atoms. The van der Waals surface area contributed by atoms with Crippen molar-refractivity contribution < 1.29 is 4.79 Å². The molecule has 1 unspecified atom stereocenters. The van der Waals surface area contributed by atoms with Gasteiger partial charge in [-0.1, -0.05) is 46.2 Å². The van der Waals surface area contributed by atoms with E-state index in [-0.39, 0.29) is 11.9 Å². The lowest BCUT2D eigenvalue weighted by atomic mass is 10.2. The van der Waals surface area contributed by atoms with E-state index in [1.165, 1.54) is 0 Å².